The van der Waals surface area contributed by atoms with Crippen molar-refractivity contribution in [2.24, 2.45) is 0 Å². The molecule has 8 nitrogen and oxygen atoms in total. The number of nitrogens with zero attached hydrogens (tertiary/aromatic N) is 4. The van der Waals surface area contributed by atoms with Crippen LogP contribution in [0, 0.1) is 5.82 Å². The molecule has 142 valence electrons. The molecule has 1 heterocycles. The van der Waals surface area contributed by atoms with Crippen molar-refractivity contribution in [3.05, 3.63) is 59.9 Å². The van der Waals surface area contributed by atoms with E-state index in [-0.39, 0.29) is 17.3 Å². The summed E-state index contributed by atoms with van der Waals surface area (Å²) >= 11 is 0. The molecule has 2 N–H and O–H groups in total. The Balaban J connectivity index is 1.72. The number of sulfonamides is 1. The van der Waals surface area contributed by atoms with Gasteiger partial charge in [0.25, 0.3) is 0 Å². The molecule has 0 aliphatic heterocycles. The minimum atomic E-state index is -3.70. The lowest BCUT2D eigenvalue weighted by Crippen LogP contribution is -2.30. The summed E-state index contributed by atoms with van der Waals surface area (Å²) in [4.78, 5) is 1.45. The van der Waals surface area contributed by atoms with E-state index < -0.39 is 16.1 Å². The van der Waals surface area contributed by atoms with Gasteiger partial charge in [0.1, 0.15) is 5.82 Å². The maximum absolute atomic E-state index is 12.9. The van der Waals surface area contributed by atoms with Gasteiger partial charge >= 0.3 is 0 Å². The Morgan fingerprint density at radius 2 is 1.81 bits per heavy atom. The van der Waals surface area contributed by atoms with Crippen LogP contribution in [0.25, 0.3) is 11.4 Å². The monoisotopic (exact) mass is 391 g/mol. The Hall–Kier alpha value is -2.69. The molecule has 0 amide bonds. The second-order valence-electron chi connectivity index (χ2n) is 6.00. The summed E-state index contributed by atoms with van der Waals surface area (Å²) in [5, 5.41) is 21.4. The molecule has 1 atom stereocenters. The quantitative estimate of drug-likeness (QED) is 0.626. The highest BCUT2D eigenvalue weighted by atomic mass is 32.2. The van der Waals surface area contributed by atoms with Gasteiger partial charge in [-0.3, -0.25) is 0 Å². The van der Waals surface area contributed by atoms with E-state index in [1.165, 1.54) is 36.0 Å². The normalized spacial score (nSPS) is 12.9. The van der Waals surface area contributed by atoms with Crippen molar-refractivity contribution in [1.29, 1.82) is 0 Å². The van der Waals surface area contributed by atoms with Crippen LogP contribution in [0.1, 0.15) is 12.5 Å². The standard InChI is InChI=1S/C17H18FN5O3S/c1-12(24)10-19-27(25,26)16-8-4-14(5-9-16)17-20-22-23(21-17)11-13-2-6-15(18)7-3-13/h2-9,12,19,24H,10-11H2,1H3. The molecular weight excluding hydrogens is 373 g/mol. The third-order valence-electron chi connectivity index (χ3n) is 3.68. The summed E-state index contributed by atoms with van der Waals surface area (Å²) < 4.78 is 39.5. The third kappa shape index (κ3) is 4.94. The lowest BCUT2D eigenvalue weighted by atomic mass is 10.2. The largest absolute Gasteiger partial charge is 0.392 e. The fourth-order valence-electron chi connectivity index (χ4n) is 2.28. The molecule has 0 fully saturated rings. The third-order valence-corrected chi connectivity index (χ3v) is 5.12. The van der Waals surface area contributed by atoms with Crippen LogP contribution in [0.3, 0.4) is 0 Å². The van der Waals surface area contributed by atoms with Crippen LogP contribution in [-0.4, -0.2) is 46.4 Å². The summed E-state index contributed by atoms with van der Waals surface area (Å²) in [5.74, 6) is 0.0296. The molecule has 0 radical (unpaired) electrons. The van der Waals surface area contributed by atoms with Crippen molar-refractivity contribution in [3.8, 4) is 11.4 Å². The van der Waals surface area contributed by atoms with Crippen LogP contribution in [0.2, 0.25) is 0 Å². The first-order valence-corrected chi connectivity index (χ1v) is 9.62. The van der Waals surface area contributed by atoms with Crippen LogP contribution in [0.4, 0.5) is 4.39 Å². The molecule has 2 aromatic carbocycles. The first-order chi connectivity index (χ1) is 12.8. The van der Waals surface area contributed by atoms with Gasteiger partial charge in [-0.05, 0) is 54.1 Å². The van der Waals surface area contributed by atoms with Crippen LogP contribution >= 0.6 is 0 Å². The van der Waals surface area contributed by atoms with Crippen molar-refractivity contribution in [2.75, 3.05) is 6.54 Å². The Bertz CT molecular complexity index is 1000. The Labute approximate surface area is 155 Å². The summed E-state index contributed by atoms with van der Waals surface area (Å²) in [6, 6.07) is 12.0. The number of hydrogen-bond donors (Lipinski definition) is 2. The molecule has 1 aromatic heterocycles. The predicted octanol–water partition coefficient (Wildman–Crippen LogP) is 1.19. The van der Waals surface area contributed by atoms with Gasteiger partial charge in [-0.25, -0.2) is 17.5 Å². The van der Waals surface area contributed by atoms with E-state index in [0.29, 0.717) is 17.9 Å². The number of hydrogen-bond acceptors (Lipinski definition) is 6. The number of aromatic nitrogens is 4. The van der Waals surface area contributed by atoms with E-state index in [4.69, 9.17) is 0 Å². The number of nitrogens with one attached hydrogen (secondary N) is 1. The van der Waals surface area contributed by atoms with Crippen LogP contribution in [-0.2, 0) is 16.6 Å². The fourth-order valence-corrected chi connectivity index (χ4v) is 3.40. The zero-order valence-corrected chi connectivity index (χ0v) is 15.3. The van der Waals surface area contributed by atoms with Crippen molar-refractivity contribution in [2.45, 2.75) is 24.5 Å². The molecule has 27 heavy (non-hydrogen) atoms. The van der Waals surface area contributed by atoms with Crippen molar-refractivity contribution in [3.63, 3.8) is 0 Å². The molecule has 1 unspecified atom stereocenters. The van der Waals surface area contributed by atoms with E-state index in [2.05, 4.69) is 20.1 Å². The van der Waals surface area contributed by atoms with Crippen LogP contribution in [0.15, 0.2) is 53.4 Å². The average Bonchev–Trinajstić information content (AvgIpc) is 3.11. The van der Waals surface area contributed by atoms with E-state index in [0.717, 1.165) is 5.56 Å². The first kappa shape index (κ1) is 19.1. The average molecular weight is 391 g/mol. The smallest absolute Gasteiger partial charge is 0.240 e. The van der Waals surface area contributed by atoms with Crippen LogP contribution < -0.4 is 4.72 Å². The lowest BCUT2D eigenvalue weighted by Gasteiger charge is -2.08. The van der Waals surface area contributed by atoms with Gasteiger partial charge in [-0.1, -0.05) is 12.1 Å². The zero-order valence-electron chi connectivity index (χ0n) is 14.4. The molecule has 3 rings (SSSR count). The second-order valence-corrected chi connectivity index (χ2v) is 7.76. The molecule has 0 aliphatic carbocycles. The van der Waals surface area contributed by atoms with Gasteiger partial charge in [0, 0.05) is 12.1 Å². The molecule has 0 bridgehead atoms. The molecule has 3 aromatic rings. The lowest BCUT2D eigenvalue weighted by molar-refractivity contribution is 0.198. The first-order valence-electron chi connectivity index (χ1n) is 8.14. The van der Waals surface area contributed by atoms with Gasteiger partial charge in [0.15, 0.2) is 0 Å². The minimum absolute atomic E-state index is 0.0661. The number of benzene rings is 2. The highest BCUT2D eigenvalue weighted by molar-refractivity contribution is 7.89. The zero-order chi connectivity index (χ0) is 19.4. The van der Waals surface area contributed by atoms with Crippen LogP contribution in [0.5, 0.6) is 0 Å². The van der Waals surface area contributed by atoms with E-state index in [1.807, 2.05) is 0 Å². The van der Waals surface area contributed by atoms with E-state index in [9.17, 15) is 17.9 Å². The SMILES string of the molecule is CC(O)CNS(=O)(=O)c1ccc(-c2nnn(Cc3ccc(F)cc3)n2)cc1. The second kappa shape index (κ2) is 7.91. The number of aliphatic hydroxyl groups is 1. The number of tetrazole rings is 1. The summed E-state index contributed by atoms with van der Waals surface area (Å²) in [5.41, 5.74) is 1.43. The Morgan fingerprint density at radius 3 is 2.44 bits per heavy atom. The van der Waals surface area contributed by atoms with Crippen molar-refractivity contribution < 1.29 is 17.9 Å². The van der Waals surface area contributed by atoms with Gasteiger partial charge in [0.2, 0.25) is 15.8 Å². The summed E-state index contributed by atoms with van der Waals surface area (Å²) in [6.45, 7) is 1.76. The highest BCUT2D eigenvalue weighted by Crippen LogP contribution is 2.17. The molecule has 0 spiro atoms. The molecule has 10 heteroatoms. The van der Waals surface area contributed by atoms with Gasteiger partial charge in [-0.2, -0.15) is 4.80 Å². The number of rotatable bonds is 7. The topological polar surface area (TPSA) is 110 Å². The maximum atomic E-state index is 12.9. The number of halogens is 1. The summed E-state index contributed by atoms with van der Waals surface area (Å²) in [7, 11) is -3.70. The van der Waals surface area contributed by atoms with E-state index in [1.54, 1.807) is 24.3 Å². The maximum Gasteiger partial charge on any atom is 0.240 e. The molecule has 0 saturated carbocycles. The Morgan fingerprint density at radius 1 is 1.15 bits per heavy atom. The van der Waals surface area contributed by atoms with Crippen molar-refractivity contribution >= 4 is 10.0 Å². The fraction of sp³-hybridized carbons (Fsp3) is 0.235. The Kier molecular flexibility index (Phi) is 5.59. The summed E-state index contributed by atoms with van der Waals surface area (Å²) in [6.07, 6.45) is -0.778. The van der Waals surface area contributed by atoms with Gasteiger partial charge < -0.3 is 5.11 Å². The minimum Gasteiger partial charge on any atom is -0.392 e. The molecule has 0 saturated heterocycles. The molecule has 0 aliphatic rings. The van der Waals surface area contributed by atoms with Gasteiger partial charge in [0.05, 0.1) is 17.5 Å². The van der Waals surface area contributed by atoms with Gasteiger partial charge in [-0.15, -0.1) is 10.2 Å². The predicted molar refractivity (Wildman–Crippen MR) is 95.6 cm³/mol. The number of aliphatic hydroxyl groups excluding tert-OH is 1. The highest BCUT2D eigenvalue weighted by Gasteiger charge is 2.15. The molecular formula is C17H18FN5O3S. The van der Waals surface area contributed by atoms with Crippen molar-refractivity contribution in [1.82, 2.24) is 24.9 Å². The van der Waals surface area contributed by atoms with E-state index >= 15 is 0 Å².